The molecule has 164 valence electrons. The van der Waals surface area contributed by atoms with Crippen LogP contribution in [0.15, 0.2) is 52.2 Å². The zero-order valence-corrected chi connectivity index (χ0v) is 17.0. The van der Waals surface area contributed by atoms with E-state index in [1.54, 1.807) is 13.3 Å². The molecule has 3 rings (SSSR count). The first kappa shape index (κ1) is 22.1. The summed E-state index contributed by atoms with van der Waals surface area (Å²) in [6, 6.07) is 8.69. The van der Waals surface area contributed by atoms with E-state index in [1.807, 2.05) is 31.2 Å². The van der Waals surface area contributed by atoms with E-state index < -0.39 is 11.9 Å². The molecule has 0 bridgehead atoms. The molecule has 0 aliphatic carbocycles. The van der Waals surface area contributed by atoms with Crippen molar-refractivity contribution in [1.29, 1.82) is 0 Å². The normalized spacial score (nSPS) is 12.0. The number of anilines is 1. The zero-order valence-electron chi connectivity index (χ0n) is 17.0. The molecule has 0 aliphatic heterocycles. The Morgan fingerprint density at radius 3 is 2.55 bits per heavy atom. The maximum absolute atomic E-state index is 12.7. The van der Waals surface area contributed by atoms with E-state index in [4.69, 9.17) is 4.42 Å². The number of guanidine groups is 1. The van der Waals surface area contributed by atoms with Gasteiger partial charge >= 0.3 is 6.18 Å². The Hall–Kier alpha value is -3.63. The molecule has 0 saturated heterocycles. The Morgan fingerprint density at radius 2 is 1.84 bits per heavy atom. The third-order valence-corrected chi connectivity index (χ3v) is 4.16. The molecular weight excluding hydrogens is 411 g/mol. The molecule has 0 atom stereocenters. The third-order valence-electron chi connectivity index (χ3n) is 4.16. The summed E-state index contributed by atoms with van der Waals surface area (Å²) in [6.45, 7) is 3.07. The summed E-state index contributed by atoms with van der Waals surface area (Å²) >= 11 is 0. The first-order valence-corrected chi connectivity index (χ1v) is 9.45. The zero-order chi connectivity index (χ0) is 22.3. The van der Waals surface area contributed by atoms with E-state index >= 15 is 0 Å². The molecule has 0 amide bonds. The molecule has 11 heteroatoms. The number of oxazole rings is 1. The summed E-state index contributed by atoms with van der Waals surface area (Å²) in [5.41, 5.74) is 1.76. The number of hydrogen-bond donors (Lipinski definition) is 3. The lowest BCUT2D eigenvalue weighted by Gasteiger charge is -2.12. The van der Waals surface area contributed by atoms with Crippen LogP contribution in [-0.4, -0.2) is 41.0 Å². The van der Waals surface area contributed by atoms with Gasteiger partial charge in [-0.15, -0.1) is 0 Å². The average Bonchev–Trinajstić information content (AvgIpc) is 3.22. The highest BCUT2D eigenvalue weighted by atomic mass is 19.4. The summed E-state index contributed by atoms with van der Waals surface area (Å²) in [5.74, 6) is 0.947. The number of aliphatic imine (C=N–C) groups is 1. The molecule has 8 nitrogen and oxygen atoms in total. The lowest BCUT2D eigenvalue weighted by molar-refractivity contribution is -0.141. The van der Waals surface area contributed by atoms with E-state index in [1.165, 1.54) is 0 Å². The number of hydrogen-bond acceptors (Lipinski definition) is 6. The molecule has 0 radical (unpaired) electrons. The van der Waals surface area contributed by atoms with Crippen molar-refractivity contribution in [2.45, 2.75) is 19.6 Å². The molecule has 0 spiro atoms. The van der Waals surface area contributed by atoms with Gasteiger partial charge in [-0.2, -0.15) is 13.2 Å². The van der Waals surface area contributed by atoms with Crippen LogP contribution in [0.4, 0.5) is 19.1 Å². The van der Waals surface area contributed by atoms with Crippen molar-refractivity contribution in [2.24, 2.45) is 4.99 Å². The van der Waals surface area contributed by atoms with Crippen molar-refractivity contribution in [3.05, 3.63) is 59.7 Å². The van der Waals surface area contributed by atoms with Crippen molar-refractivity contribution >= 4 is 11.9 Å². The highest BCUT2D eigenvalue weighted by Gasteiger charge is 2.32. The van der Waals surface area contributed by atoms with E-state index in [0.29, 0.717) is 37.2 Å². The van der Waals surface area contributed by atoms with Gasteiger partial charge in [0.15, 0.2) is 5.96 Å². The van der Waals surface area contributed by atoms with Gasteiger partial charge in [-0.1, -0.05) is 17.7 Å². The maximum atomic E-state index is 12.7. The number of halogens is 3. The molecule has 3 N–H and O–H groups in total. The van der Waals surface area contributed by atoms with Crippen LogP contribution in [0.5, 0.6) is 0 Å². The Morgan fingerprint density at radius 1 is 1.06 bits per heavy atom. The quantitative estimate of drug-likeness (QED) is 0.299. The lowest BCUT2D eigenvalue weighted by atomic mass is 10.1. The molecule has 0 fully saturated rings. The van der Waals surface area contributed by atoms with Gasteiger partial charge in [-0.3, -0.25) is 4.99 Å². The second-order valence-corrected chi connectivity index (χ2v) is 6.55. The van der Waals surface area contributed by atoms with Crippen LogP contribution in [0.1, 0.15) is 17.0 Å². The van der Waals surface area contributed by atoms with E-state index in [0.717, 1.165) is 23.4 Å². The van der Waals surface area contributed by atoms with Gasteiger partial charge in [0.2, 0.25) is 11.8 Å². The standard InChI is InChI=1S/C20H22F3N7O/c1-13-3-5-14(6-4-13)17-29-15(12-31-17)11-28-18(24-2)26-9-10-27-19-25-8-7-16(30-19)20(21,22)23/h3-8,12H,9-11H2,1-2H3,(H2,24,26,28)(H,25,27,30). The van der Waals surface area contributed by atoms with Crippen molar-refractivity contribution in [2.75, 3.05) is 25.5 Å². The maximum Gasteiger partial charge on any atom is 0.433 e. The minimum atomic E-state index is -4.51. The third kappa shape index (κ3) is 6.43. The first-order valence-electron chi connectivity index (χ1n) is 9.45. The first-order chi connectivity index (χ1) is 14.8. The lowest BCUT2D eigenvalue weighted by Crippen LogP contribution is -2.39. The van der Waals surface area contributed by atoms with Crippen LogP contribution in [0.2, 0.25) is 0 Å². The highest BCUT2D eigenvalue weighted by Crippen LogP contribution is 2.27. The summed E-state index contributed by atoms with van der Waals surface area (Å²) < 4.78 is 43.6. The molecule has 31 heavy (non-hydrogen) atoms. The minimum Gasteiger partial charge on any atom is -0.444 e. The van der Waals surface area contributed by atoms with Crippen LogP contribution in [0.25, 0.3) is 11.5 Å². The number of aryl methyl sites for hydroxylation is 1. The van der Waals surface area contributed by atoms with Gasteiger partial charge in [0.1, 0.15) is 12.0 Å². The molecular formula is C20H22F3N7O. The molecule has 0 saturated carbocycles. The van der Waals surface area contributed by atoms with E-state index in [-0.39, 0.29) is 5.95 Å². The number of alkyl halides is 3. The molecule has 0 aliphatic rings. The van der Waals surface area contributed by atoms with Crippen molar-refractivity contribution in [1.82, 2.24) is 25.6 Å². The molecule has 2 aromatic heterocycles. The Labute approximate surface area is 177 Å². The fourth-order valence-corrected chi connectivity index (χ4v) is 2.57. The van der Waals surface area contributed by atoms with Crippen LogP contribution in [-0.2, 0) is 12.7 Å². The minimum absolute atomic E-state index is 0.0918. The van der Waals surface area contributed by atoms with Crippen molar-refractivity contribution < 1.29 is 17.6 Å². The van der Waals surface area contributed by atoms with Crippen LogP contribution < -0.4 is 16.0 Å². The van der Waals surface area contributed by atoms with Crippen LogP contribution in [0.3, 0.4) is 0 Å². The van der Waals surface area contributed by atoms with Gasteiger partial charge in [0.05, 0.1) is 12.2 Å². The second kappa shape index (κ2) is 9.92. The Kier molecular flexibility index (Phi) is 7.06. The SMILES string of the molecule is CN=C(NCCNc1nccc(C(F)(F)F)n1)NCc1coc(-c2ccc(C)cc2)n1. The summed E-state index contributed by atoms with van der Waals surface area (Å²) in [7, 11) is 1.61. The smallest absolute Gasteiger partial charge is 0.433 e. The van der Waals surface area contributed by atoms with Crippen LogP contribution >= 0.6 is 0 Å². The fourth-order valence-electron chi connectivity index (χ4n) is 2.57. The van der Waals surface area contributed by atoms with Gasteiger partial charge < -0.3 is 20.4 Å². The monoisotopic (exact) mass is 433 g/mol. The van der Waals surface area contributed by atoms with Crippen molar-refractivity contribution in [3.63, 3.8) is 0 Å². The average molecular weight is 433 g/mol. The number of aromatic nitrogens is 3. The predicted octanol–water partition coefficient (Wildman–Crippen LogP) is 3.24. The van der Waals surface area contributed by atoms with Gasteiger partial charge in [0, 0.05) is 31.9 Å². The van der Waals surface area contributed by atoms with E-state index in [9.17, 15) is 13.2 Å². The number of benzene rings is 1. The largest absolute Gasteiger partial charge is 0.444 e. The van der Waals surface area contributed by atoms with Gasteiger partial charge in [-0.25, -0.2) is 15.0 Å². The predicted molar refractivity (Wildman–Crippen MR) is 110 cm³/mol. The fraction of sp³-hybridized carbons (Fsp3) is 0.300. The number of nitrogens with zero attached hydrogens (tertiary/aromatic N) is 4. The van der Waals surface area contributed by atoms with Crippen molar-refractivity contribution in [3.8, 4) is 11.5 Å². The molecule has 2 heterocycles. The number of rotatable bonds is 7. The summed E-state index contributed by atoms with van der Waals surface area (Å²) in [6.07, 6.45) is -1.87. The van der Waals surface area contributed by atoms with Gasteiger partial charge in [-0.05, 0) is 25.1 Å². The Balaban J connectivity index is 1.44. The molecule has 1 aromatic carbocycles. The van der Waals surface area contributed by atoms with Gasteiger partial charge in [0.25, 0.3) is 0 Å². The van der Waals surface area contributed by atoms with E-state index in [2.05, 4.69) is 35.9 Å². The topological polar surface area (TPSA) is 100 Å². The number of nitrogens with one attached hydrogen (secondary N) is 3. The van der Waals surface area contributed by atoms with Crippen LogP contribution in [0, 0.1) is 6.92 Å². The summed E-state index contributed by atoms with van der Waals surface area (Å²) in [5, 5.41) is 8.88. The molecule has 0 unspecified atom stereocenters. The second-order valence-electron chi connectivity index (χ2n) is 6.55. The summed E-state index contributed by atoms with van der Waals surface area (Å²) in [4.78, 5) is 15.8. The highest BCUT2D eigenvalue weighted by molar-refractivity contribution is 5.79. The molecule has 3 aromatic rings. The Bertz CT molecular complexity index is 1020.